The molecule has 1 rings (SSSR count). The predicted octanol–water partition coefficient (Wildman–Crippen LogP) is -1.91. The van der Waals surface area contributed by atoms with Gasteiger partial charge < -0.3 is 9.90 Å². The Labute approximate surface area is 89.5 Å². The summed E-state index contributed by atoms with van der Waals surface area (Å²) in [5.74, 6) is -1.16. The first-order valence-electron chi connectivity index (χ1n) is 3.59. The molecule has 0 heterocycles. The molecule has 0 saturated carbocycles. The molecule has 0 aliphatic rings. The van der Waals surface area contributed by atoms with Gasteiger partial charge in [-0.25, -0.2) is 0 Å². The average Bonchev–Trinajstić information content (AvgIpc) is 2.04. The van der Waals surface area contributed by atoms with Gasteiger partial charge in [-0.15, -0.1) is 0 Å². The zero-order valence-corrected chi connectivity index (χ0v) is 7.83. The molecule has 0 bridgehead atoms. The molecule has 2 nitrogen and oxygen atoms in total. The first-order chi connectivity index (χ1) is 5.63. The fourth-order valence-electron chi connectivity index (χ4n) is 1.03. The largest absolute Gasteiger partial charge is 1.00 e. The van der Waals surface area contributed by atoms with Gasteiger partial charge in [-0.1, -0.05) is 36.4 Å². The number of carbonyl (C=O) groups is 1. The van der Waals surface area contributed by atoms with Gasteiger partial charge in [-0.05, 0) is 12.5 Å². The normalized spacial score (nSPS) is 8.69. The summed E-state index contributed by atoms with van der Waals surface area (Å²) in [6, 6.07) is 6.67. The second-order valence-electron chi connectivity index (χ2n) is 2.61. The summed E-state index contributed by atoms with van der Waals surface area (Å²) in [5.41, 5.74) is 1.57. The number of hydrogen-bond acceptors (Lipinski definition) is 2. The number of benzene rings is 1. The maximum Gasteiger partial charge on any atom is 1.00 e. The number of hydrogen-bond donors (Lipinski definition) is 0. The predicted molar refractivity (Wildman–Crippen MR) is 45.5 cm³/mol. The van der Waals surface area contributed by atoms with E-state index in [2.05, 4.69) is 6.58 Å². The number of carboxylic acid groups (broad SMARTS) is 1. The van der Waals surface area contributed by atoms with Crippen molar-refractivity contribution >= 4 is 11.5 Å². The fraction of sp³-hybridized carbons (Fsp3) is 0.100. The Bertz CT molecular complexity index is 298. The van der Waals surface area contributed by atoms with Gasteiger partial charge in [0.15, 0.2) is 0 Å². The van der Waals surface area contributed by atoms with Crippen LogP contribution < -0.4 is 24.0 Å². The van der Waals surface area contributed by atoms with Crippen molar-refractivity contribution in [3.8, 4) is 0 Å². The zero-order valence-electron chi connectivity index (χ0n) is 7.83. The van der Waals surface area contributed by atoms with Crippen molar-refractivity contribution in [3.63, 3.8) is 0 Å². The van der Waals surface area contributed by atoms with Crippen molar-refractivity contribution in [1.82, 2.24) is 0 Å². The molecule has 13 heavy (non-hydrogen) atoms. The van der Waals surface area contributed by atoms with Gasteiger partial charge in [0, 0.05) is 5.56 Å². The van der Waals surface area contributed by atoms with Crippen molar-refractivity contribution in [3.05, 3.63) is 42.0 Å². The molecule has 0 aliphatic heterocycles. The molecule has 0 aliphatic carbocycles. The summed E-state index contributed by atoms with van der Waals surface area (Å²) >= 11 is 0. The molecule has 0 atom stereocenters. The summed E-state index contributed by atoms with van der Waals surface area (Å²) in [7, 11) is 0. The minimum Gasteiger partial charge on any atom is -0.545 e. The molecule has 0 N–H and O–H groups in total. The van der Waals surface area contributed by atoms with Crippen LogP contribution in [0.4, 0.5) is 0 Å². The molecular formula is C10H9LiO2. The minimum atomic E-state index is -1.16. The summed E-state index contributed by atoms with van der Waals surface area (Å²) in [6.45, 7) is 5.44. The summed E-state index contributed by atoms with van der Waals surface area (Å²) in [4.78, 5) is 10.6. The molecule has 0 unspecified atom stereocenters. The Morgan fingerprint density at radius 3 is 2.08 bits per heavy atom. The van der Waals surface area contributed by atoms with Crippen molar-refractivity contribution in [2.24, 2.45) is 0 Å². The molecule has 0 spiro atoms. The maximum absolute atomic E-state index is 10.6. The van der Waals surface area contributed by atoms with Crippen LogP contribution in [0, 0.1) is 0 Å². The van der Waals surface area contributed by atoms with Gasteiger partial charge in [0.2, 0.25) is 0 Å². The maximum atomic E-state index is 10.6. The van der Waals surface area contributed by atoms with E-state index < -0.39 is 5.97 Å². The Hall–Kier alpha value is -0.973. The van der Waals surface area contributed by atoms with Gasteiger partial charge in [0.1, 0.15) is 0 Å². The molecule has 0 aromatic heterocycles. The van der Waals surface area contributed by atoms with E-state index in [1.54, 1.807) is 25.1 Å². The van der Waals surface area contributed by atoms with E-state index in [1.165, 1.54) is 6.07 Å². The summed E-state index contributed by atoms with van der Waals surface area (Å²) in [6.07, 6.45) is 0. The van der Waals surface area contributed by atoms with E-state index in [0.717, 1.165) is 5.57 Å². The number of aromatic carboxylic acids is 1. The first kappa shape index (κ1) is 12.0. The van der Waals surface area contributed by atoms with Gasteiger partial charge in [-0.2, -0.15) is 0 Å². The van der Waals surface area contributed by atoms with Crippen LogP contribution >= 0.6 is 0 Å². The van der Waals surface area contributed by atoms with Crippen LogP contribution in [0.5, 0.6) is 0 Å². The van der Waals surface area contributed by atoms with Crippen LogP contribution in [0.15, 0.2) is 30.8 Å². The summed E-state index contributed by atoms with van der Waals surface area (Å²) < 4.78 is 0. The third kappa shape index (κ3) is 2.77. The van der Waals surface area contributed by atoms with E-state index in [0.29, 0.717) is 5.56 Å². The monoisotopic (exact) mass is 168 g/mol. The molecule has 62 valence electrons. The van der Waals surface area contributed by atoms with Crippen LogP contribution in [-0.2, 0) is 0 Å². The quantitative estimate of drug-likeness (QED) is 0.483. The molecule has 0 saturated heterocycles. The molecule has 1 aromatic rings. The van der Waals surface area contributed by atoms with Gasteiger partial charge in [0.25, 0.3) is 0 Å². The number of rotatable bonds is 2. The summed E-state index contributed by atoms with van der Waals surface area (Å²) in [5, 5.41) is 10.6. The Balaban J connectivity index is 0.00000144. The van der Waals surface area contributed by atoms with Crippen LogP contribution in [0.3, 0.4) is 0 Å². The number of allylic oxidation sites excluding steroid dienone is 1. The van der Waals surface area contributed by atoms with Crippen LogP contribution in [0.25, 0.3) is 5.57 Å². The van der Waals surface area contributed by atoms with Gasteiger partial charge in [0.05, 0.1) is 5.97 Å². The van der Waals surface area contributed by atoms with E-state index in [-0.39, 0.29) is 24.4 Å². The Morgan fingerprint density at radius 2 is 1.77 bits per heavy atom. The number of carbonyl (C=O) groups excluding carboxylic acids is 1. The van der Waals surface area contributed by atoms with E-state index in [9.17, 15) is 9.90 Å². The smallest absolute Gasteiger partial charge is 0.545 e. The van der Waals surface area contributed by atoms with E-state index in [4.69, 9.17) is 0 Å². The van der Waals surface area contributed by atoms with Crippen molar-refractivity contribution in [2.45, 2.75) is 6.92 Å². The third-order valence-corrected chi connectivity index (χ3v) is 1.61. The molecule has 3 heteroatoms. The van der Waals surface area contributed by atoms with Crippen LogP contribution in [0.2, 0.25) is 0 Å². The van der Waals surface area contributed by atoms with Crippen molar-refractivity contribution in [1.29, 1.82) is 0 Å². The molecule has 0 radical (unpaired) electrons. The Morgan fingerprint density at radius 1 is 1.31 bits per heavy atom. The van der Waals surface area contributed by atoms with E-state index >= 15 is 0 Å². The zero-order chi connectivity index (χ0) is 9.14. The average molecular weight is 168 g/mol. The van der Waals surface area contributed by atoms with Gasteiger partial charge in [-0.3, -0.25) is 0 Å². The SMILES string of the molecule is C=C(C)c1ccccc1C(=O)[O-].[Li+]. The van der Waals surface area contributed by atoms with Crippen molar-refractivity contribution < 1.29 is 28.8 Å². The van der Waals surface area contributed by atoms with Crippen LogP contribution in [0.1, 0.15) is 22.8 Å². The third-order valence-electron chi connectivity index (χ3n) is 1.61. The molecule has 0 fully saturated rings. The molecule has 1 aromatic carbocycles. The standard InChI is InChI=1S/C10H10O2.Li/c1-7(2)8-5-3-4-6-9(8)10(11)12;/h3-6H,1H2,2H3,(H,11,12);/q;+1/p-1. The van der Waals surface area contributed by atoms with Crippen molar-refractivity contribution in [2.75, 3.05) is 0 Å². The Kier molecular flexibility index (Phi) is 4.54. The van der Waals surface area contributed by atoms with Gasteiger partial charge >= 0.3 is 18.9 Å². The van der Waals surface area contributed by atoms with E-state index in [1.807, 2.05) is 0 Å². The molecule has 0 amide bonds. The second kappa shape index (κ2) is 4.91. The topological polar surface area (TPSA) is 40.1 Å². The minimum absolute atomic E-state index is 0. The second-order valence-corrected chi connectivity index (χ2v) is 2.61. The molecular weight excluding hydrogens is 159 g/mol. The van der Waals surface area contributed by atoms with Crippen LogP contribution in [-0.4, -0.2) is 5.97 Å². The first-order valence-corrected chi connectivity index (χ1v) is 3.59. The fourth-order valence-corrected chi connectivity index (χ4v) is 1.03. The number of carboxylic acids is 1.